The molecule has 0 saturated carbocycles. The van der Waals surface area contributed by atoms with Crippen LogP contribution in [0.3, 0.4) is 0 Å². The number of nitriles is 1. The maximum atomic E-state index is 12.5. The lowest BCUT2D eigenvalue weighted by atomic mass is 9.90. The quantitative estimate of drug-likeness (QED) is 0.783. The number of nitrogens with zero attached hydrogens (tertiary/aromatic N) is 5. The standard InChI is InChI=1S/C18H24N6OS/c1-11(2)18(6,10-19)20-16(25)14(5)26-17-21-22-23-24(17)15-8-7-12(3)9-13(15)4/h7-9,11,14H,1-6H3,(H,20,25)/t14-,18-/m0/s1. The molecule has 1 aromatic carbocycles. The number of tetrazole rings is 1. The molecule has 0 fully saturated rings. The molecular weight excluding hydrogens is 348 g/mol. The number of aryl methyl sites for hydroxylation is 2. The highest BCUT2D eigenvalue weighted by Crippen LogP contribution is 2.26. The minimum absolute atomic E-state index is 0.00539. The highest BCUT2D eigenvalue weighted by atomic mass is 32.2. The second-order valence-corrected chi connectivity index (χ2v) is 8.19. The molecule has 0 saturated heterocycles. The Morgan fingerprint density at radius 3 is 2.62 bits per heavy atom. The molecule has 0 bridgehead atoms. The van der Waals surface area contributed by atoms with Crippen molar-refractivity contribution in [3.63, 3.8) is 0 Å². The van der Waals surface area contributed by atoms with Gasteiger partial charge in [0.2, 0.25) is 11.1 Å². The van der Waals surface area contributed by atoms with Crippen molar-refractivity contribution in [3.05, 3.63) is 29.3 Å². The summed E-state index contributed by atoms with van der Waals surface area (Å²) in [5.74, 6) is -0.225. The molecule has 1 heterocycles. The molecule has 1 amide bonds. The number of nitrogens with one attached hydrogen (secondary N) is 1. The van der Waals surface area contributed by atoms with Gasteiger partial charge in [-0.1, -0.05) is 43.3 Å². The third kappa shape index (κ3) is 4.22. The number of carbonyl (C=O) groups is 1. The first kappa shape index (κ1) is 19.9. The van der Waals surface area contributed by atoms with Crippen molar-refractivity contribution >= 4 is 17.7 Å². The Bertz CT molecular complexity index is 840. The van der Waals surface area contributed by atoms with Crippen molar-refractivity contribution in [1.29, 1.82) is 5.26 Å². The summed E-state index contributed by atoms with van der Waals surface area (Å²) in [6.45, 7) is 11.3. The van der Waals surface area contributed by atoms with Crippen molar-refractivity contribution in [2.75, 3.05) is 0 Å². The second kappa shape index (κ2) is 7.87. The van der Waals surface area contributed by atoms with Gasteiger partial charge < -0.3 is 5.32 Å². The highest BCUT2D eigenvalue weighted by Gasteiger charge is 2.32. The molecular formula is C18H24N6OS. The van der Waals surface area contributed by atoms with Crippen molar-refractivity contribution in [2.45, 2.75) is 57.5 Å². The van der Waals surface area contributed by atoms with E-state index in [1.165, 1.54) is 11.8 Å². The van der Waals surface area contributed by atoms with E-state index in [9.17, 15) is 10.1 Å². The van der Waals surface area contributed by atoms with Gasteiger partial charge in [-0.3, -0.25) is 4.79 Å². The van der Waals surface area contributed by atoms with E-state index in [0.717, 1.165) is 16.8 Å². The molecule has 138 valence electrons. The number of hydrogen-bond acceptors (Lipinski definition) is 6. The molecule has 0 aliphatic rings. The predicted octanol–water partition coefficient (Wildman–Crippen LogP) is 2.81. The fraction of sp³-hybridized carbons (Fsp3) is 0.500. The van der Waals surface area contributed by atoms with Crippen molar-refractivity contribution in [1.82, 2.24) is 25.5 Å². The zero-order valence-corrected chi connectivity index (χ0v) is 16.8. The number of rotatable bonds is 6. The molecule has 1 N–H and O–H groups in total. The van der Waals surface area contributed by atoms with Gasteiger partial charge in [-0.2, -0.15) is 9.94 Å². The largest absolute Gasteiger partial charge is 0.337 e. The van der Waals surface area contributed by atoms with Gasteiger partial charge in [-0.15, -0.1) is 5.10 Å². The van der Waals surface area contributed by atoms with E-state index in [4.69, 9.17) is 0 Å². The molecule has 1 aromatic heterocycles. The Hall–Kier alpha value is -2.40. The summed E-state index contributed by atoms with van der Waals surface area (Å²) < 4.78 is 1.63. The number of hydrogen-bond donors (Lipinski definition) is 1. The molecule has 26 heavy (non-hydrogen) atoms. The molecule has 2 aromatic rings. The van der Waals surface area contributed by atoms with Gasteiger partial charge in [-0.05, 0) is 55.7 Å². The Morgan fingerprint density at radius 1 is 1.35 bits per heavy atom. The minimum atomic E-state index is -0.911. The van der Waals surface area contributed by atoms with E-state index in [0.29, 0.717) is 5.16 Å². The summed E-state index contributed by atoms with van der Waals surface area (Å²) in [5, 5.41) is 24.2. The lowest BCUT2D eigenvalue weighted by Gasteiger charge is -2.28. The van der Waals surface area contributed by atoms with Crippen LogP contribution in [0.4, 0.5) is 0 Å². The highest BCUT2D eigenvalue weighted by molar-refractivity contribution is 8.00. The zero-order chi connectivity index (χ0) is 19.5. The van der Waals surface area contributed by atoms with Gasteiger partial charge in [0.15, 0.2) is 0 Å². The molecule has 2 atom stereocenters. The fourth-order valence-corrected chi connectivity index (χ4v) is 3.12. The minimum Gasteiger partial charge on any atom is -0.337 e. The van der Waals surface area contributed by atoms with Crippen LogP contribution in [0.5, 0.6) is 0 Å². The first-order valence-electron chi connectivity index (χ1n) is 8.44. The number of aromatic nitrogens is 4. The normalized spacial score (nSPS) is 14.5. The number of thioether (sulfide) groups is 1. The van der Waals surface area contributed by atoms with Gasteiger partial charge >= 0.3 is 0 Å². The van der Waals surface area contributed by atoms with Crippen LogP contribution in [0.1, 0.15) is 38.8 Å². The zero-order valence-electron chi connectivity index (χ0n) is 15.9. The SMILES string of the molecule is Cc1ccc(-n2nnnc2S[C@@H](C)C(=O)N[C@@](C)(C#N)C(C)C)c(C)c1. The summed E-state index contributed by atoms with van der Waals surface area (Å²) in [6.07, 6.45) is 0. The van der Waals surface area contributed by atoms with Gasteiger partial charge in [0, 0.05) is 0 Å². The lowest BCUT2D eigenvalue weighted by molar-refractivity contribution is -0.121. The summed E-state index contributed by atoms with van der Waals surface area (Å²) in [5.41, 5.74) is 2.17. The molecule has 0 aliphatic heterocycles. The summed E-state index contributed by atoms with van der Waals surface area (Å²) >= 11 is 1.26. The van der Waals surface area contributed by atoms with Gasteiger partial charge in [-0.25, -0.2) is 0 Å². The van der Waals surface area contributed by atoms with Crippen LogP contribution in [0, 0.1) is 31.1 Å². The molecule has 8 heteroatoms. The molecule has 0 radical (unpaired) electrons. The number of amides is 1. The van der Waals surface area contributed by atoms with Crippen LogP contribution in [0.2, 0.25) is 0 Å². The van der Waals surface area contributed by atoms with E-state index in [2.05, 4.69) is 33.0 Å². The van der Waals surface area contributed by atoms with Gasteiger partial charge in [0.25, 0.3) is 0 Å². The lowest BCUT2D eigenvalue weighted by Crippen LogP contribution is -2.51. The molecule has 7 nitrogen and oxygen atoms in total. The van der Waals surface area contributed by atoms with E-state index in [1.54, 1.807) is 18.5 Å². The number of benzene rings is 1. The van der Waals surface area contributed by atoms with Crippen LogP contribution in [0.25, 0.3) is 5.69 Å². The molecule has 0 aliphatic carbocycles. The first-order chi connectivity index (χ1) is 12.2. The number of carbonyl (C=O) groups excluding carboxylic acids is 1. The fourth-order valence-electron chi connectivity index (χ4n) is 2.32. The summed E-state index contributed by atoms with van der Waals surface area (Å²) in [7, 11) is 0. The van der Waals surface area contributed by atoms with Crippen LogP contribution in [-0.4, -0.2) is 36.9 Å². The van der Waals surface area contributed by atoms with Crippen molar-refractivity contribution in [3.8, 4) is 11.8 Å². The van der Waals surface area contributed by atoms with Crippen LogP contribution >= 0.6 is 11.8 Å². The Labute approximate surface area is 158 Å². The van der Waals surface area contributed by atoms with E-state index < -0.39 is 10.8 Å². The smallest absolute Gasteiger partial charge is 0.234 e. The van der Waals surface area contributed by atoms with E-state index >= 15 is 0 Å². The third-order valence-corrected chi connectivity index (χ3v) is 5.48. The molecule has 2 rings (SSSR count). The Kier molecular flexibility index (Phi) is 6.03. The molecule has 0 spiro atoms. The van der Waals surface area contributed by atoms with Crippen molar-refractivity contribution in [2.24, 2.45) is 5.92 Å². The Morgan fingerprint density at radius 2 is 2.04 bits per heavy atom. The summed E-state index contributed by atoms with van der Waals surface area (Å²) in [4.78, 5) is 12.5. The van der Waals surface area contributed by atoms with E-state index in [1.807, 2.05) is 39.8 Å². The summed E-state index contributed by atoms with van der Waals surface area (Å²) in [6, 6.07) is 8.20. The van der Waals surface area contributed by atoms with Gasteiger partial charge in [0.1, 0.15) is 5.54 Å². The topological polar surface area (TPSA) is 96.5 Å². The predicted molar refractivity (Wildman–Crippen MR) is 101 cm³/mol. The van der Waals surface area contributed by atoms with Crippen LogP contribution in [-0.2, 0) is 4.79 Å². The van der Waals surface area contributed by atoms with Gasteiger partial charge in [0.05, 0.1) is 17.0 Å². The third-order valence-electron chi connectivity index (χ3n) is 4.44. The Balaban J connectivity index is 2.18. The molecule has 0 unspecified atom stereocenters. The maximum Gasteiger partial charge on any atom is 0.234 e. The van der Waals surface area contributed by atoms with Crippen LogP contribution in [0.15, 0.2) is 23.4 Å². The monoisotopic (exact) mass is 372 g/mol. The van der Waals surface area contributed by atoms with E-state index in [-0.39, 0.29) is 11.8 Å². The van der Waals surface area contributed by atoms with Crippen LogP contribution < -0.4 is 5.32 Å². The average Bonchev–Trinajstić information content (AvgIpc) is 3.02. The van der Waals surface area contributed by atoms with Crippen molar-refractivity contribution < 1.29 is 4.79 Å². The average molecular weight is 372 g/mol. The second-order valence-electron chi connectivity index (χ2n) is 6.88. The maximum absolute atomic E-state index is 12.5. The first-order valence-corrected chi connectivity index (χ1v) is 9.32.